The van der Waals surface area contributed by atoms with E-state index in [1.165, 1.54) is 4.68 Å². The van der Waals surface area contributed by atoms with E-state index >= 15 is 0 Å². The van der Waals surface area contributed by atoms with Gasteiger partial charge in [0.2, 0.25) is 0 Å². The van der Waals surface area contributed by atoms with Crippen molar-refractivity contribution in [1.82, 2.24) is 14.7 Å². The van der Waals surface area contributed by atoms with Crippen LogP contribution in [0.5, 0.6) is 0 Å². The van der Waals surface area contributed by atoms with Crippen molar-refractivity contribution in [2.75, 3.05) is 19.3 Å². The van der Waals surface area contributed by atoms with E-state index in [2.05, 4.69) is 12.0 Å². The summed E-state index contributed by atoms with van der Waals surface area (Å²) in [6.07, 6.45) is 2.00. The summed E-state index contributed by atoms with van der Waals surface area (Å²) in [6, 6.07) is 8.81. The van der Waals surface area contributed by atoms with Crippen molar-refractivity contribution in [3.05, 3.63) is 41.0 Å². The van der Waals surface area contributed by atoms with Gasteiger partial charge < -0.3 is 10.6 Å². The minimum absolute atomic E-state index is 0.138. The molecule has 112 valence electrons. The van der Waals surface area contributed by atoms with Gasteiger partial charge in [-0.1, -0.05) is 37.1 Å². The largest absolute Gasteiger partial charge is 0.384 e. The number of para-hydroxylation sites is 1. The predicted octanol–water partition coefficient (Wildman–Crippen LogP) is 2.98. The molecule has 6 heteroatoms. The number of hydrogen-bond donors (Lipinski definition) is 1. The second kappa shape index (κ2) is 6.63. The number of amides is 1. The normalized spacial score (nSPS) is 10.6. The third-order valence-electron chi connectivity index (χ3n) is 3.23. The molecule has 0 bridgehead atoms. The average molecular weight is 307 g/mol. The number of nitrogens with two attached hydrogens (primary N) is 1. The lowest BCUT2D eigenvalue weighted by Crippen LogP contribution is -2.28. The zero-order valence-electron chi connectivity index (χ0n) is 12.2. The molecule has 0 saturated heterocycles. The molecule has 1 amide bonds. The Morgan fingerprint density at radius 1 is 1.43 bits per heavy atom. The van der Waals surface area contributed by atoms with Crippen LogP contribution >= 0.6 is 11.6 Å². The van der Waals surface area contributed by atoms with Crippen LogP contribution in [0.4, 0.5) is 5.82 Å². The Hall–Kier alpha value is -2.01. The van der Waals surface area contributed by atoms with Gasteiger partial charge in [0.1, 0.15) is 5.82 Å². The lowest BCUT2D eigenvalue weighted by atomic mass is 10.3. The molecule has 0 atom stereocenters. The number of anilines is 1. The van der Waals surface area contributed by atoms with Crippen molar-refractivity contribution in [3.63, 3.8) is 0 Å². The smallest absolute Gasteiger partial charge is 0.274 e. The third kappa shape index (κ3) is 3.36. The van der Waals surface area contributed by atoms with E-state index in [0.717, 1.165) is 12.8 Å². The van der Waals surface area contributed by atoms with Gasteiger partial charge in [0.15, 0.2) is 5.69 Å². The Bertz CT molecular complexity index is 638. The molecule has 5 nitrogen and oxygen atoms in total. The second-order valence-electron chi connectivity index (χ2n) is 4.90. The maximum atomic E-state index is 12.3. The summed E-state index contributed by atoms with van der Waals surface area (Å²) in [5.74, 6) is 0.247. The van der Waals surface area contributed by atoms with Crippen LogP contribution in [0.1, 0.15) is 30.3 Å². The SMILES string of the molecule is CCCCN(C)C(=O)c1cc(N)n(-c2ccccc2Cl)n1. The van der Waals surface area contributed by atoms with Crippen molar-refractivity contribution in [2.24, 2.45) is 0 Å². The molecule has 0 fully saturated rings. The highest BCUT2D eigenvalue weighted by molar-refractivity contribution is 6.32. The molecule has 0 aliphatic heterocycles. The van der Waals surface area contributed by atoms with Crippen molar-refractivity contribution in [2.45, 2.75) is 19.8 Å². The molecule has 2 aromatic rings. The minimum Gasteiger partial charge on any atom is -0.384 e. The molecule has 2 rings (SSSR count). The maximum Gasteiger partial charge on any atom is 0.274 e. The quantitative estimate of drug-likeness (QED) is 0.923. The molecule has 1 heterocycles. The van der Waals surface area contributed by atoms with Crippen molar-refractivity contribution in [1.29, 1.82) is 0 Å². The predicted molar refractivity (Wildman–Crippen MR) is 84.9 cm³/mol. The fraction of sp³-hybridized carbons (Fsp3) is 0.333. The molecule has 0 saturated carbocycles. The Balaban J connectivity index is 2.27. The number of hydrogen-bond acceptors (Lipinski definition) is 3. The maximum absolute atomic E-state index is 12.3. The highest BCUT2D eigenvalue weighted by Crippen LogP contribution is 2.22. The molecular weight excluding hydrogens is 288 g/mol. The third-order valence-corrected chi connectivity index (χ3v) is 3.55. The zero-order chi connectivity index (χ0) is 15.4. The number of nitrogens with zero attached hydrogens (tertiary/aromatic N) is 3. The van der Waals surface area contributed by atoms with Gasteiger partial charge >= 0.3 is 0 Å². The Morgan fingerprint density at radius 3 is 2.81 bits per heavy atom. The van der Waals surface area contributed by atoms with E-state index in [-0.39, 0.29) is 5.91 Å². The number of carbonyl (C=O) groups excluding carboxylic acids is 1. The van der Waals surface area contributed by atoms with Gasteiger partial charge in [0.25, 0.3) is 5.91 Å². The van der Waals surface area contributed by atoms with Gasteiger partial charge in [-0.3, -0.25) is 4.79 Å². The topological polar surface area (TPSA) is 64.2 Å². The van der Waals surface area contributed by atoms with E-state index in [4.69, 9.17) is 17.3 Å². The Kier molecular flexibility index (Phi) is 4.85. The number of halogens is 1. The highest BCUT2D eigenvalue weighted by atomic mass is 35.5. The van der Waals surface area contributed by atoms with Gasteiger partial charge in [-0.2, -0.15) is 5.10 Å². The van der Waals surface area contributed by atoms with Gasteiger partial charge in [0, 0.05) is 19.7 Å². The molecule has 21 heavy (non-hydrogen) atoms. The van der Waals surface area contributed by atoms with E-state index < -0.39 is 0 Å². The Labute approximate surface area is 129 Å². The first kappa shape index (κ1) is 15.4. The summed E-state index contributed by atoms with van der Waals surface area (Å²) >= 11 is 6.14. The first-order chi connectivity index (χ1) is 10.0. The number of rotatable bonds is 5. The van der Waals surface area contributed by atoms with Crippen LogP contribution < -0.4 is 5.73 Å². The van der Waals surface area contributed by atoms with Crippen molar-refractivity contribution < 1.29 is 4.79 Å². The fourth-order valence-electron chi connectivity index (χ4n) is 2.01. The van der Waals surface area contributed by atoms with Crippen molar-refractivity contribution in [3.8, 4) is 5.69 Å². The number of carbonyl (C=O) groups is 1. The number of nitrogen functional groups attached to an aromatic ring is 1. The van der Waals surface area contributed by atoms with Crippen LogP contribution in [0.15, 0.2) is 30.3 Å². The molecule has 0 radical (unpaired) electrons. The van der Waals surface area contributed by atoms with Crippen LogP contribution in [-0.4, -0.2) is 34.2 Å². The van der Waals surface area contributed by atoms with E-state index in [1.54, 1.807) is 30.1 Å². The number of aromatic nitrogens is 2. The van der Waals surface area contributed by atoms with E-state index in [0.29, 0.717) is 28.8 Å². The first-order valence-electron chi connectivity index (χ1n) is 6.90. The summed E-state index contributed by atoms with van der Waals surface area (Å²) < 4.78 is 1.49. The van der Waals surface area contributed by atoms with Crippen LogP contribution in [0.25, 0.3) is 5.69 Å². The number of unbranched alkanes of at least 4 members (excludes halogenated alkanes) is 1. The standard InChI is InChI=1S/C15H19ClN4O/c1-3-4-9-19(2)15(21)12-10-14(17)20(18-12)13-8-6-5-7-11(13)16/h5-8,10H,3-4,9,17H2,1-2H3. The molecule has 0 spiro atoms. The Morgan fingerprint density at radius 2 is 2.14 bits per heavy atom. The van der Waals surface area contributed by atoms with Crippen LogP contribution in [0.3, 0.4) is 0 Å². The molecule has 0 unspecified atom stereocenters. The van der Waals surface area contributed by atoms with Crippen LogP contribution in [-0.2, 0) is 0 Å². The molecule has 0 aliphatic carbocycles. The lowest BCUT2D eigenvalue weighted by Gasteiger charge is -2.14. The molecule has 0 aliphatic rings. The summed E-state index contributed by atoms with van der Waals surface area (Å²) in [5, 5.41) is 4.82. The number of benzene rings is 1. The van der Waals surface area contributed by atoms with Crippen molar-refractivity contribution >= 4 is 23.3 Å². The summed E-state index contributed by atoms with van der Waals surface area (Å²) in [6.45, 7) is 2.79. The van der Waals surface area contributed by atoms with Gasteiger partial charge in [-0.05, 0) is 18.6 Å². The van der Waals surface area contributed by atoms with Crippen LogP contribution in [0.2, 0.25) is 5.02 Å². The van der Waals surface area contributed by atoms with E-state index in [1.807, 2.05) is 12.1 Å². The van der Waals surface area contributed by atoms with E-state index in [9.17, 15) is 4.79 Å². The summed E-state index contributed by atoms with van der Waals surface area (Å²) in [5.41, 5.74) is 6.94. The molecular formula is C15H19ClN4O. The summed E-state index contributed by atoms with van der Waals surface area (Å²) in [7, 11) is 1.77. The minimum atomic E-state index is -0.138. The van der Waals surface area contributed by atoms with Gasteiger partial charge in [-0.15, -0.1) is 0 Å². The lowest BCUT2D eigenvalue weighted by molar-refractivity contribution is 0.0787. The zero-order valence-corrected chi connectivity index (χ0v) is 13.0. The first-order valence-corrected chi connectivity index (χ1v) is 7.28. The molecule has 2 N–H and O–H groups in total. The highest BCUT2D eigenvalue weighted by Gasteiger charge is 2.18. The second-order valence-corrected chi connectivity index (χ2v) is 5.31. The van der Waals surface area contributed by atoms with Gasteiger partial charge in [-0.25, -0.2) is 4.68 Å². The van der Waals surface area contributed by atoms with Crippen LogP contribution in [0, 0.1) is 0 Å². The monoisotopic (exact) mass is 306 g/mol. The molecule has 1 aromatic heterocycles. The van der Waals surface area contributed by atoms with Gasteiger partial charge in [0.05, 0.1) is 10.7 Å². The molecule has 1 aromatic carbocycles. The fourth-order valence-corrected chi connectivity index (χ4v) is 2.22. The summed E-state index contributed by atoms with van der Waals surface area (Å²) in [4.78, 5) is 13.9. The average Bonchev–Trinajstić information content (AvgIpc) is 2.86.